The van der Waals surface area contributed by atoms with Crippen molar-refractivity contribution in [3.8, 4) is 0 Å². The fourth-order valence-electron chi connectivity index (χ4n) is 5.38. The van der Waals surface area contributed by atoms with Gasteiger partial charge in [-0.1, -0.05) is 62.4 Å². The first-order chi connectivity index (χ1) is 15.1. The van der Waals surface area contributed by atoms with E-state index in [9.17, 15) is 0 Å². The molecule has 0 aliphatic carbocycles. The fraction of sp³-hybridized carbons (Fsp3) is 0.185. The van der Waals surface area contributed by atoms with E-state index < -0.39 is 0 Å². The lowest BCUT2D eigenvalue weighted by Gasteiger charge is -2.33. The molecule has 0 saturated carbocycles. The molecule has 0 bridgehead atoms. The zero-order valence-corrected chi connectivity index (χ0v) is 17.6. The van der Waals surface area contributed by atoms with E-state index in [2.05, 4.69) is 96.4 Å². The van der Waals surface area contributed by atoms with Crippen molar-refractivity contribution in [2.24, 2.45) is 15.4 Å². The van der Waals surface area contributed by atoms with Gasteiger partial charge in [-0.05, 0) is 35.0 Å². The average Bonchev–Trinajstić information content (AvgIpc) is 2.88. The van der Waals surface area contributed by atoms with E-state index in [0.29, 0.717) is 0 Å². The molecule has 0 amide bonds. The minimum atomic E-state index is 0.0426. The molecular weight excluding hydrogens is 380 g/mol. The molecule has 3 heterocycles. The molecule has 0 N–H and O–H groups in total. The van der Waals surface area contributed by atoms with Gasteiger partial charge in [-0.2, -0.15) is 0 Å². The van der Waals surface area contributed by atoms with Crippen LogP contribution >= 0.6 is 0 Å². The Balaban J connectivity index is 1.56. The second kappa shape index (κ2) is 5.73. The number of rotatable bonds is 0. The van der Waals surface area contributed by atoms with Gasteiger partial charge in [-0.25, -0.2) is 9.98 Å². The third-order valence-electron chi connectivity index (χ3n) is 6.64. The lowest BCUT2D eigenvalue weighted by atomic mass is 9.91. The normalized spacial score (nSPS) is 18.3. The fourth-order valence-corrected chi connectivity index (χ4v) is 5.38. The van der Waals surface area contributed by atoms with Gasteiger partial charge in [0.1, 0.15) is 0 Å². The predicted molar refractivity (Wildman–Crippen MR) is 131 cm³/mol. The molecule has 0 atom stereocenters. The van der Waals surface area contributed by atoms with Crippen LogP contribution in [0.5, 0.6) is 0 Å². The lowest BCUT2D eigenvalue weighted by Crippen LogP contribution is -2.44. The third-order valence-corrected chi connectivity index (χ3v) is 6.64. The van der Waals surface area contributed by atoms with Gasteiger partial charge in [0.2, 0.25) is 0 Å². The summed E-state index contributed by atoms with van der Waals surface area (Å²) in [5.41, 5.74) is 4.55. The first-order valence-corrected chi connectivity index (χ1v) is 10.9. The van der Waals surface area contributed by atoms with Crippen LogP contribution in [0.25, 0.3) is 21.5 Å². The standard InChI is InChI=1S/C27H22N4/c1-27(2)15-30-21-13-5-9-17-7-3-11-19(23(17)21)28-25(30)26-29-20-12-4-8-18-10-6-14-22(24(18)20)31(26)16-27/h3-14H,15-16H2,1-2H3. The molecule has 0 unspecified atom stereocenters. The van der Waals surface area contributed by atoms with Crippen LogP contribution in [0.4, 0.5) is 22.7 Å². The summed E-state index contributed by atoms with van der Waals surface area (Å²) in [6, 6.07) is 25.9. The number of amidine groups is 2. The minimum Gasteiger partial charge on any atom is -0.322 e. The lowest BCUT2D eigenvalue weighted by molar-refractivity contribution is 0.397. The Morgan fingerprint density at radius 1 is 0.613 bits per heavy atom. The maximum Gasteiger partial charge on any atom is 0.177 e. The Morgan fingerprint density at radius 3 is 1.48 bits per heavy atom. The van der Waals surface area contributed by atoms with E-state index in [-0.39, 0.29) is 5.41 Å². The van der Waals surface area contributed by atoms with Crippen LogP contribution in [0.3, 0.4) is 0 Å². The Bertz CT molecular complexity index is 1360. The molecular formula is C27H22N4. The van der Waals surface area contributed by atoms with E-state index in [4.69, 9.17) is 9.98 Å². The molecule has 1 fully saturated rings. The van der Waals surface area contributed by atoms with Crippen molar-refractivity contribution >= 4 is 56.0 Å². The van der Waals surface area contributed by atoms with E-state index >= 15 is 0 Å². The van der Waals surface area contributed by atoms with Crippen LogP contribution in [0, 0.1) is 5.41 Å². The summed E-state index contributed by atoms with van der Waals surface area (Å²) >= 11 is 0. The van der Waals surface area contributed by atoms with E-state index in [1.54, 1.807) is 0 Å². The molecule has 150 valence electrons. The number of hydrogen-bond donors (Lipinski definition) is 0. The Labute approximate surface area is 181 Å². The number of nitrogens with zero attached hydrogens (tertiary/aromatic N) is 4. The Hall–Kier alpha value is -3.66. The van der Waals surface area contributed by atoms with Crippen LogP contribution in [-0.4, -0.2) is 24.8 Å². The van der Waals surface area contributed by atoms with Gasteiger partial charge < -0.3 is 9.80 Å². The highest BCUT2D eigenvalue weighted by atomic mass is 15.3. The molecule has 4 aromatic rings. The number of fused-ring (bicyclic) bond motifs is 5. The summed E-state index contributed by atoms with van der Waals surface area (Å²) in [5, 5.41) is 4.93. The number of benzene rings is 4. The summed E-state index contributed by atoms with van der Waals surface area (Å²) in [6.07, 6.45) is 0. The number of anilines is 2. The summed E-state index contributed by atoms with van der Waals surface area (Å²) in [7, 11) is 0. The molecule has 1 saturated heterocycles. The third kappa shape index (κ3) is 2.30. The summed E-state index contributed by atoms with van der Waals surface area (Å²) in [4.78, 5) is 15.2. The van der Waals surface area contributed by atoms with Crippen molar-refractivity contribution in [3.63, 3.8) is 0 Å². The zero-order chi connectivity index (χ0) is 20.7. The monoisotopic (exact) mass is 402 g/mol. The molecule has 3 aliphatic rings. The van der Waals surface area contributed by atoms with Crippen LogP contribution < -0.4 is 9.80 Å². The van der Waals surface area contributed by atoms with E-state index in [1.807, 2.05) is 0 Å². The molecule has 31 heavy (non-hydrogen) atoms. The van der Waals surface area contributed by atoms with Gasteiger partial charge >= 0.3 is 0 Å². The quantitative estimate of drug-likeness (QED) is 0.339. The second-order valence-electron chi connectivity index (χ2n) is 9.51. The molecule has 0 aromatic heterocycles. The molecule has 3 aliphatic heterocycles. The van der Waals surface area contributed by atoms with Gasteiger partial charge in [0.25, 0.3) is 0 Å². The van der Waals surface area contributed by atoms with Crippen molar-refractivity contribution in [1.29, 1.82) is 0 Å². The molecule has 4 heteroatoms. The van der Waals surface area contributed by atoms with Crippen molar-refractivity contribution in [2.45, 2.75) is 13.8 Å². The first kappa shape index (κ1) is 17.1. The average molecular weight is 403 g/mol. The largest absolute Gasteiger partial charge is 0.322 e. The molecule has 4 nitrogen and oxygen atoms in total. The molecule has 0 radical (unpaired) electrons. The number of hydrogen-bond acceptors (Lipinski definition) is 4. The second-order valence-corrected chi connectivity index (χ2v) is 9.51. The van der Waals surface area contributed by atoms with E-state index in [1.165, 1.54) is 32.9 Å². The summed E-state index contributed by atoms with van der Waals surface area (Å²) in [5.74, 6) is 1.89. The van der Waals surface area contributed by atoms with Gasteiger partial charge in [-0.3, -0.25) is 0 Å². The maximum atomic E-state index is 5.20. The highest BCUT2D eigenvalue weighted by Crippen LogP contribution is 2.45. The first-order valence-electron chi connectivity index (χ1n) is 10.9. The van der Waals surface area contributed by atoms with Gasteiger partial charge in [0.05, 0.1) is 22.7 Å². The van der Waals surface area contributed by atoms with Crippen molar-refractivity contribution in [1.82, 2.24) is 0 Å². The number of aliphatic imine (C=N–C) groups is 2. The highest BCUT2D eigenvalue weighted by molar-refractivity contribution is 6.53. The zero-order valence-electron chi connectivity index (χ0n) is 17.6. The van der Waals surface area contributed by atoms with Crippen molar-refractivity contribution < 1.29 is 0 Å². The SMILES string of the molecule is CC1(C)CN2C(=Nc3cccc4cccc2c34)C2=Nc3cccc4cccc(c34)N2C1. The van der Waals surface area contributed by atoms with Gasteiger partial charge in [-0.15, -0.1) is 0 Å². The minimum absolute atomic E-state index is 0.0426. The highest BCUT2D eigenvalue weighted by Gasteiger charge is 2.40. The maximum absolute atomic E-state index is 5.20. The van der Waals surface area contributed by atoms with Gasteiger partial charge in [0, 0.05) is 29.3 Å². The molecule has 4 aromatic carbocycles. The van der Waals surface area contributed by atoms with Crippen molar-refractivity contribution in [2.75, 3.05) is 22.9 Å². The van der Waals surface area contributed by atoms with Crippen LogP contribution in [0.1, 0.15) is 13.8 Å². The van der Waals surface area contributed by atoms with Gasteiger partial charge in [0.15, 0.2) is 11.7 Å². The Kier molecular flexibility index (Phi) is 3.15. The van der Waals surface area contributed by atoms with Crippen LogP contribution in [-0.2, 0) is 0 Å². The predicted octanol–water partition coefficient (Wildman–Crippen LogP) is 6.43. The van der Waals surface area contributed by atoms with Crippen LogP contribution in [0.15, 0.2) is 82.8 Å². The molecule has 0 spiro atoms. The smallest absolute Gasteiger partial charge is 0.177 e. The summed E-state index contributed by atoms with van der Waals surface area (Å²) in [6.45, 7) is 6.46. The molecule has 7 rings (SSSR count). The van der Waals surface area contributed by atoms with E-state index in [0.717, 1.165) is 36.1 Å². The summed E-state index contributed by atoms with van der Waals surface area (Å²) < 4.78 is 0. The Morgan fingerprint density at radius 2 is 1.03 bits per heavy atom. The topological polar surface area (TPSA) is 31.2 Å². The van der Waals surface area contributed by atoms with Crippen LogP contribution in [0.2, 0.25) is 0 Å². The van der Waals surface area contributed by atoms with Crippen molar-refractivity contribution in [3.05, 3.63) is 72.8 Å².